The number of carbonyl (C=O) groups excluding carboxylic acids is 3. The normalized spacial score (nSPS) is 18.3. The molecule has 4 amide bonds. The van der Waals surface area contributed by atoms with Gasteiger partial charge in [0.1, 0.15) is 17.8 Å². The van der Waals surface area contributed by atoms with Gasteiger partial charge in [0.05, 0.1) is 14.5 Å². The number of rotatable bonds is 10. The van der Waals surface area contributed by atoms with Crippen LogP contribution in [0, 0.1) is 5.92 Å². The highest BCUT2D eigenvalue weighted by atomic mass is 79.9. The molecular formula is C38H46Br2N10O5. The van der Waals surface area contributed by atoms with E-state index in [0.717, 1.165) is 37.1 Å². The molecule has 1 aromatic carbocycles. The van der Waals surface area contributed by atoms with E-state index in [1.165, 1.54) is 0 Å². The number of phenols is 1. The number of halogens is 2. The number of likely N-dealkylation sites (tertiary alicyclic amines) is 1. The van der Waals surface area contributed by atoms with Crippen LogP contribution in [-0.2, 0) is 16.0 Å². The molecule has 3 fully saturated rings. The Labute approximate surface area is 335 Å². The summed E-state index contributed by atoms with van der Waals surface area (Å²) >= 11 is 6.78. The second-order valence-corrected chi connectivity index (χ2v) is 16.2. The first kappa shape index (κ1) is 38.8. The molecule has 0 saturated carbocycles. The fraction of sp³-hybridized carbons (Fsp3) is 0.474. The van der Waals surface area contributed by atoms with Crippen molar-refractivity contribution < 1.29 is 19.5 Å². The van der Waals surface area contributed by atoms with Crippen molar-refractivity contribution in [3.63, 3.8) is 0 Å². The van der Waals surface area contributed by atoms with Crippen molar-refractivity contribution in [1.82, 2.24) is 45.3 Å². The Hall–Kier alpha value is -4.48. The smallest absolute Gasteiger partial charge is 0.327 e. The van der Waals surface area contributed by atoms with Gasteiger partial charge in [0, 0.05) is 76.0 Å². The molecule has 0 bridgehead atoms. The number of fused-ring (bicyclic) bond motifs is 1. The fourth-order valence-corrected chi connectivity index (χ4v) is 9.26. The van der Waals surface area contributed by atoms with Gasteiger partial charge >= 0.3 is 11.7 Å². The highest BCUT2D eigenvalue weighted by molar-refractivity contribution is 9.11. The van der Waals surface area contributed by atoms with Gasteiger partial charge in [0.2, 0.25) is 11.8 Å². The first-order chi connectivity index (χ1) is 26.6. The predicted molar refractivity (Wildman–Crippen MR) is 215 cm³/mol. The van der Waals surface area contributed by atoms with Crippen molar-refractivity contribution in [3.8, 4) is 5.75 Å². The summed E-state index contributed by atoms with van der Waals surface area (Å²) < 4.78 is 2.60. The zero-order chi connectivity index (χ0) is 38.5. The standard InChI is InChI=1S/C38H46Br2N10O5/c39-28-20-25(21-29(40)33(28)51)23-30(45-37(54)49-14-7-27(8-15-49)50-32-2-1-9-43-34(32)46-38(50)55)35(52)44-31(22-24-3-10-41-11-4-24)36(53)48-18-16-47(17-19-48)26-5-12-42-13-6-26/h1-2,5-6,9,12-13,20-21,24,27,30-31,41,51H,3-4,7-8,10-11,14-19,22-23H2,(H,44,52)(H,45,54)(H,43,46,55)/t30?,31-/m0/s1. The van der Waals surface area contributed by atoms with Gasteiger partial charge in [-0.2, -0.15) is 0 Å². The summed E-state index contributed by atoms with van der Waals surface area (Å²) in [6.07, 6.45) is 8.67. The average Bonchev–Trinajstić information content (AvgIpc) is 3.55. The Morgan fingerprint density at radius 1 is 0.873 bits per heavy atom. The molecule has 1 unspecified atom stereocenters. The molecule has 0 radical (unpaired) electrons. The van der Waals surface area contributed by atoms with Crippen LogP contribution >= 0.6 is 31.9 Å². The molecule has 2 atom stereocenters. The van der Waals surface area contributed by atoms with Crippen molar-refractivity contribution in [1.29, 1.82) is 0 Å². The van der Waals surface area contributed by atoms with Crippen molar-refractivity contribution in [2.45, 2.75) is 56.7 Å². The van der Waals surface area contributed by atoms with Crippen LogP contribution in [0.1, 0.15) is 43.7 Å². The van der Waals surface area contributed by atoms with E-state index in [9.17, 15) is 24.3 Å². The number of phenolic OH excluding ortho intramolecular Hbond substituents is 1. The molecule has 5 N–H and O–H groups in total. The number of benzene rings is 1. The van der Waals surface area contributed by atoms with E-state index in [2.05, 4.69) is 67.7 Å². The Kier molecular flexibility index (Phi) is 12.4. The summed E-state index contributed by atoms with van der Waals surface area (Å²) in [5, 5.41) is 19.8. The monoisotopic (exact) mass is 880 g/mol. The van der Waals surface area contributed by atoms with E-state index in [0.29, 0.717) is 78.7 Å². The zero-order valence-electron chi connectivity index (χ0n) is 30.4. The second kappa shape index (κ2) is 17.5. The summed E-state index contributed by atoms with van der Waals surface area (Å²) in [7, 11) is 0. The molecule has 0 spiro atoms. The second-order valence-electron chi connectivity index (χ2n) is 14.5. The van der Waals surface area contributed by atoms with Crippen LogP contribution in [0.5, 0.6) is 5.75 Å². The Morgan fingerprint density at radius 2 is 1.56 bits per heavy atom. The quantitative estimate of drug-likeness (QED) is 0.159. The van der Waals surface area contributed by atoms with Crippen molar-refractivity contribution in [2.75, 3.05) is 57.3 Å². The third-order valence-electron chi connectivity index (χ3n) is 11.0. The molecule has 17 heteroatoms. The third kappa shape index (κ3) is 9.15. The van der Waals surface area contributed by atoms with Crippen molar-refractivity contribution in [3.05, 3.63) is 80.0 Å². The lowest BCUT2D eigenvalue weighted by molar-refractivity contribution is -0.137. The highest BCUT2D eigenvalue weighted by Gasteiger charge is 2.35. The van der Waals surface area contributed by atoms with Gasteiger partial charge < -0.3 is 35.8 Å². The number of nitrogens with one attached hydrogen (secondary N) is 4. The number of imidazole rings is 1. The van der Waals surface area contributed by atoms with Crippen LogP contribution in [0.2, 0.25) is 0 Å². The van der Waals surface area contributed by atoms with Gasteiger partial charge in [-0.05, 0) is 125 Å². The summed E-state index contributed by atoms with van der Waals surface area (Å²) in [6.45, 7) is 4.84. The summed E-state index contributed by atoms with van der Waals surface area (Å²) in [5.41, 5.74) is 2.77. The number of nitrogens with zero attached hydrogens (tertiary/aromatic N) is 6. The van der Waals surface area contributed by atoms with E-state index in [-0.39, 0.29) is 35.7 Å². The fourth-order valence-electron chi connectivity index (χ4n) is 7.97. The number of aromatic amines is 1. The molecule has 0 aliphatic carbocycles. The van der Waals surface area contributed by atoms with Crippen LogP contribution in [0.3, 0.4) is 0 Å². The van der Waals surface area contributed by atoms with Gasteiger partial charge in [0.15, 0.2) is 5.65 Å². The predicted octanol–water partition coefficient (Wildman–Crippen LogP) is 3.53. The van der Waals surface area contributed by atoms with E-state index in [1.54, 1.807) is 46.3 Å². The topological polar surface area (TPSA) is 181 Å². The number of urea groups is 1. The summed E-state index contributed by atoms with van der Waals surface area (Å²) in [4.78, 5) is 72.3. The number of aromatic hydroxyl groups is 1. The van der Waals surface area contributed by atoms with Crippen molar-refractivity contribution in [2.24, 2.45) is 5.92 Å². The Morgan fingerprint density at radius 3 is 2.25 bits per heavy atom. The minimum absolute atomic E-state index is 0.0263. The molecular weight excluding hydrogens is 836 g/mol. The molecule has 55 heavy (non-hydrogen) atoms. The van der Waals surface area contributed by atoms with E-state index in [1.807, 2.05) is 23.1 Å². The molecule has 3 aliphatic heterocycles. The molecule has 6 heterocycles. The maximum atomic E-state index is 14.4. The minimum atomic E-state index is -1.03. The zero-order valence-corrected chi connectivity index (χ0v) is 33.6. The van der Waals surface area contributed by atoms with Gasteiger partial charge in [-0.25, -0.2) is 14.6 Å². The molecule has 3 aromatic heterocycles. The number of piperazine rings is 1. The number of H-pyrrole nitrogens is 1. The van der Waals surface area contributed by atoms with Gasteiger partial charge in [-0.15, -0.1) is 0 Å². The first-order valence-electron chi connectivity index (χ1n) is 18.9. The van der Waals surface area contributed by atoms with E-state index in [4.69, 9.17) is 0 Å². The molecule has 7 rings (SSSR count). The molecule has 3 aliphatic rings. The third-order valence-corrected chi connectivity index (χ3v) is 12.2. The Bertz CT molecular complexity index is 2020. The maximum absolute atomic E-state index is 14.4. The number of hydrogen-bond acceptors (Lipinski definition) is 9. The lowest BCUT2D eigenvalue weighted by Crippen LogP contribution is -2.59. The minimum Gasteiger partial charge on any atom is -0.506 e. The number of carbonyl (C=O) groups is 3. The molecule has 4 aromatic rings. The number of piperidine rings is 2. The van der Waals surface area contributed by atoms with Crippen LogP contribution in [0.15, 0.2) is 68.7 Å². The lowest BCUT2D eigenvalue weighted by Gasteiger charge is -2.38. The van der Waals surface area contributed by atoms with Gasteiger partial charge in [0.25, 0.3) is 0 Å². The first-order valence-corrected chi connectivity index (χ1v) is 20.5. The SMILES string of the molecule is O=C(N[C@@H](CC1CCNCC1)C(=O)N1CCN(c2ccncc2)CC1)C(Cc1cc(Br)c(O)c(Br)c1)NC(=O)N1CCC(n2c(=O)[nH]c3ncccc32)CC1. The number of hydrogen-bond donors (Lipinski definition) is 5. The lowest BCUT2D eigenvalue weighted by atomic mass is 9.90. The van der Waals surface area contributed by atoms with Crippen LogP contribution in [0.4, 0.5) is 10.5 Å². The summed E-state index contributed by atoms with van der Waals surface area (Å²) in [5.74, 6) is -0.291. The molecule has 3 saturated heterocycles. The average molecular weight is 883 g/mol. The maximum Gasteiger partial charge on any atom is 0.327 e. The molecule has 15 nitrogen and oxygen atoms in total. The van der Waals surface area contributed by atoms with Gasteiger partial charge in [-0.1, -0.05) is 0 Å². The largest absolute Gasteiger partial charge is 0.506 e. The van der Waals surface area contributed by atoms with Crippen LogP contribution < -0.4 is 26.5 Å². The number of anilines is 1. The number of aromatic nitrogens is 4. The Balaban J connectivity index is 1.06. The summed E-state index contributed by atoms with van der Waals surface area (Å²) in [6, 6.07) is 8.68. The van der Waals surface area contributed by atoms with Crippen LogP contribution in [0.25, 0.3) is 11.2 Å². The number of amides is 4. The highest BCUT2D eigenvalue weighted by Crippen LogP contribution is 2.34. The number of pyridine rings is 2. The van der Waals surface area contributed by atoms with Crippen molar-refractivity contribution >= 4 is 66.6 Å². The van der Waals surface area contributed by atoms with Gasteiger partial charge in [-0.3, -0.25) is 24.1 Å². The van der Waals surface area contributed by atoms with E-state index < -0.39 is 24.0 Å². The molecule has 292 valence electrons. The van der Waals surface area contributed by atoms with E-state index >= 15 is 0 Å². The van der Waals surface area contributed by atoms with Crippen LogP contribution in [-0.4, -0.2) is 117 Å².